The molecule has 2 heterocycles. The molecule has 8 heteroatoms. The lowest BCUT2D eigenvalue weighted by Crippen LogP contribution is -2.42. The first-order chi connectivity index (χ1) is 12.7. The van der Waals surface area contributed by atoms with Gasteiger partial charge in [-0.3, -0.25) is 4.90 Å². The molecule has 1 unspecified atom stereocenters. The Morgan fingerprint density at radius 3 is 2.92 bits per heavy atom. The first-order valence-corrected chi connectivity index (χ1v) is 9.03. The summed E-state index contributed by atoms with van der Waals surface area (Å²) >= 11 is 0. The summed E-state index contributed by atoms with van der Waals surface area (Å²) in [7, 11) is 1.64. The van der Waals surface area contributed by atoms with E-state index in [4.69, 9.17) is 10.5 Å². The van der Waals surface area contributed by atoms with E-state index in [1.807, 2.05) is 30.5 Å². The number of nitrogens with zero attached hydrogens (tertiary/aromatic N) is 5. The van der Waals surface area contributed by atoms with Crippen LogP contribution in [0.5, 0.6) is 5.75 Å². The number of likely N-dealkylation sites (N-methyl/N-ethyl adjacent to an activating group) is 1. The van der Waals surface area contributed by atoms with Gasteiger partial charge in [-0.05, 0) is 50.2 Å². The fraction of sp³-hybridized carbons (Fsp3) is 0.500. The third-order valence-electron chi connectivity index (χ3n) is 4.71. The Kier molecular flexibility index (Phi) is 6.06. The largest absolute Gasteiger partial charge is 0.497 e. The molecule has 0 saturated carbocycles. The second kappa shape index (κ2) is 8.66. The van der Waals surface area contributed by atoms with E-state index in [0.717, 1.165) is 30.2 Å². The molecule has 1 atom stereocenters. The summed E-state index contributed by atoms with van der Waals surface area (Å²) < 4.78 is 6.88. The highest BCUT2D eigenvalue weighted by Crippen LogP contribution is 2.16. The average molecular weight is 357 g/mol. The fourth-order valence-corrected chi connectivity index (χ4v) is 3.22. The van der Waals surface area contributed by atoms with E-state index in [-0.39, 0.29) is 0 Å². The van der Waals surface area contributed by atoms with Gasteiger partial charge in [0.25, 0.3) is 0 Å². The molecule has 8 nitrogen and oxygen atoms in total. The van der Waals surface area contributed by atoms with E-state index >= 15 is 0 Å². The van der Waals surface area contributed by atoms with Crippen LogP contribution in [0.4, 0.5) is 0 Å². The van der Waals surface area contributed by atoms with Gasteiger partial charge in [-0.15, -0.1) is 5.10 Å². The third-order valence-corrected chi connectivity index (χ3v) is 4.71. The first-order valence-electron chi connectivity index (χ1n) is 9.03. The number of likely N-dealkylation sites (tertiary alicyclic amines) is 1. The second-order valence-corrected chi connectivity index (χ2v) is 6.36. The van der Waals surface area contributed by atoms with Crippen LogP contribution >= 0.6 is 0 Å². The maximum atomic E-state index is 5.99. The van der Waals surface area contributed by atoms with Gasteiger partial charge in [-0.2, -0.15) is 0 Å². The molecule has 0 radical (unpaired) electrons. The van der Waals surface area contributed by atoms with Gasteiger partial charge in [0.15, 0.2) is 5.96 Å². The molecule has 1 aromatic carbocycles. The average Bonchev–Trinajstić information content (AvgIpc) is 3.33. The Hall–Kier alpha value is -2.61. The molecule has 0 bridgehead atoms. The molecule has 26 heavy (non-hydrogen) atoms. The van der Waals surface area contributed by atoms with Crippen molar-refractivity contribution in [2.75, 3.05) is 26.7 Å². The summed E-state index contributed by atoms with van der Waals surface area (Å²) in [6, 6.07) is 8.18. The van der Waals surface area contributed by atoms with Crippen molar-refractivity contribution in [3.8, 4) is 11.4 Å². The Morgan fingerprint density at radius 1 is 1.38 bits per heavy atom. The predicted octanol–water partition coefficient (Wildman–Crippen LogP) is 1.16. The Balaban J connectivity index is 1.52. The van der Waals surface area contributed by atoms with Crippen LogP contribution in [0.25, 0.3) is 5.69 Å². The molecule has 1 aliphatic heterocycles. The minimum Gasteiger partial charge on any atom is -0.497 e. The van der Waals surface area contributed by atoms with Crippen molar-refractivity contribution in [2.24, 2.45) is 10.7 Å². The van der Waals surface area contributed by atoms with E-state index < -0.39 is 0 Å². The van der Waals surface area contributed by atoms with Crippen LogP contribution in [0.3, 0.4) is 0 Å². The zero-order valence-electron chi connectivity index (χ0n) is 15.4. The zero-order valence-corrected chi connectivity index (χ0v) is 15.4. The minimum atomic E-state index is 0.400. The van der Waals surface area contributed by atoms with Crippen LogP contribution in [0.1, 0.15) is 25.5 Å². The molecule has 1 aliphatic rings. The smallest absolute Gasteiger partial charge is 0.189 e. The quantitative estimate of drug-likeness (QED) is 0.571. The monoisotopic (exact) mass is 357 g/mol. The molecule has 2 aromatic rings. The number of hydrogen-bond donors (Lipinski definition) is 2. The van der Waals surface area contributed by atoms with Crippen molar-refractivity contribution in [2.45, 2.75) is 32.4 Å². The molecule has 3 rings (SSSR count). The molecule has 0 spiro atoms. The molecule has 0 aliphatic carbocycles. The maximum absolute atomic E-state index is 5.99. The third kappa shape index (κ3) is 4.51. The van der Waals surface area contributed by atoms with Gasteiger partial charge in [0, 0.05) is 12.6 Å². The number of guanidine groups is 1. The number of benzene rings is 1. The van der Waals surface area contributed by atoms with Crippen LogP contribution in [-0.4, -0.2) is 58.6 Å². The Labute approximate surface area is 154 Å². The zero-order chi connectivity index (χ0) is 18.4. The van der Waals surface area contributed by atoms with Crippen LogP contribution in [0, 0.1) is 0 Å². The van der Waals surface area contributed by atoms with Crippen molar-refractivity contribution in [1.29, 1.82) is 0 Å². The lowest BCUT2D eigenvalue weighted by atomic mass is 10.2. The van der Waals surface area contributed by atoms with Gasteiger partial charge in [-0.1, -0.05) is 12.1 Å². The minimum absolute atomic E-state index is 0.400. The highest BCUT2D eigenvalue weighted by Gasteiger charge is 2.22. The first kappa shape index (κ1) is 18.2. The number of methoxy groups -OCH3 is 1. The summed E-state index contributed by atoms with van der Waals surface area (Å²) in [5.41, 5.74) is 7.67. The van der Waals surface area contributed by atoms with Crippen LogP contribution < -0.4 is 15.8 Å². The number of rotatable bonds is 7. The van der Waals surface area contributed by atoms with Crippen molar-refractivity contribution in [3.05, 3.63) is 36.2 Å². The lowest BCUT2D eigenvalue weighted by molar-refractivity contribution is 0.267. The summed E-state index contributed by atoms with van der Waals surface area (Å²) in [6.07, 6.45) is 4.32. The van der Waals surface area contributed by atoms with E-state index in [1.165, 1.54) is 19.4 Å². The van der Waals surface area contributed by atoms with Crippen molar-refractivity contribution in [3.63, 3.8) is 0 Å². The van der Waals surface area contributed by atoms with Gasteiger partial charge < -0.3 is 15.8 Å². The maximum Gasteiger partial charge on any atom is 0.189 e. The predicted molar refractivity (Wildman–Crippen MR) is 102 cm³/mol. The number of aromatic nitrogens is 3. The van der Waals surface area contributed by atoms with Gasteiger partial charge in [0.1, 0.15) is 11.4 Å². The van der Waals surface area contributed by atoms with Crippen LogP contribution in [-0.2, 0) is 6.54 Å². The molecule has 1 aromatic heterocycles. The standard InChI is InChI=1S/C18H27N7O/c1-3-24-10-4-5-16(24)12-21-18(19)20-11-14-13-25(23-22-14)15-6-8-17(26-2)9-7-15/h6-9,13,16H,3-5,10-12H2,1-2H3,(H3,19,20,21). The molecular weight excluding hydrogens is 330 g/mol. The molecule has 1 fully saturated rings. The van der Waals surface area contributed by atoms with Gasteiger partial charge >= 0.3 is 0 Å². The van der Waals surface area contributed by atoms with Crippen molar-refractivity contribution in [1.82, 2.24) is 25.2 Å². The van der Waals surface area contributed by atoms with Crippen LogP contribution in [0.2, 0.25) is 0 Å². The number of nitrogens with two attached hydrogens (primary N) is 1. The Bertz CT molecular complexity index is 725. The highest BCUT2D eigenvalue weighted by molar-refractivity contribution is 5.77. The van der Waals surface area contributed by atoms with E-state index in [9.17, 15) is 0 Å². The second-order valence-electron chi connectivity index (χ2n) is 6.36. The molecule has 1 saturated heterocycles. The molecule has 140 valence electrons. The number of aliphatic imine (C=N–C) groups is 1. The van der Waals surface area contributed by atoms with E-state index in [0.29, 0.717) is 18.5 Å². The normalized spacial score (nSPS) is 18.2. The van der Waals surface area contributed by atoms with Gasteiger partial charge in [-0.25, -0.2) is 9.67 Å². The summed E-state index contributed by atoms with van der Waals surface area (Å²) in [5, 5.41) is 11.5. The lowest BCUT2D eigenvalue weighted by Gasteiger charge is -2.23. The summed E-state index contributed by atoms with van der Waals surface area (Å²) in [6.45, 7) is 5.69. The van der Waals surface area contributed by atoms with Crippen molar-refractivity contribution >= 4 is 5.96 Å². The number of nitrogens with one attached hydrogen (secondary N) is 1. The molecular formula is C18H27N7O. The Morgan fingerprint density at radius 2 is 2.19 bits per heavy atom. The van der Waals surface area contributed by atoms with Gasteiger partial charge in [0.2, 0.25) is 0 Å². The van der Waals surface area contributed by atoms with E-state index in [1.54, 1.807) is 11.8 Å². The highest BCUT2D eigenvalue weighted by atomic mass is 16.5. The topological polar surface area (TPSA) is 93.6 Å². The molecule has 3 N–H and O–H groups in total. The molecule has 0 amide bonds. The summed E-state index contributed by atoms with van der Waals surface area (Å²) in [5.74, 6) is 1.26. The van der Waals surface area contributed by atoms with Gasteiger partial charge in [0.05, 0.1) is 25.5 Å². The fourth-order valence-electron chi connectivity index (χ4n) is 3.22. The SMILES string of the molecule is CCN1CCCC1CNC(N)=NCc1cn(-c2ccc(OC)cc2)nn1. The van der Waals surface area contributed by atoms with Crippen LogP contribution in [0.15, 0.2) is 35.5 Å². The summed E-state index contributed by atoms with van der Waals surface area (Å²) in [4.78, 5) is 6.84. The van der Waals surface area contributed by atoms with Crippen molar-refractivity contribution < 1.29 is 4.74 Å². The van der Waals surface area contributed by atoms with E-state index in [2.05, 4.69) is 32.4 Å². The number of ether oxygens (including phenoxy) is 1. The number of hydrogen-bond acceptors (Lipinski definition) is 5.